The normalized spacial score (nSPS) is 17.5. The zero-order valence-corrected chi connectivity index (χ0v) is 12.8. The smallest absolute Gasteiger partial charge is 0.311 e. The van der Waals surface area contributed by atoms with Gasteiger partial charge in [0.25, 0.3) is 0 Å². The van der Waals surface area contributed by atoms with Crippen molar-refractivity contribution in [3.8, 4) is 0 Å². The molecule has 0 radical (unpaired) electrons. The quantitative estimate of drug-likeness (QED) is 0.844. The number of carbonyl (C=O) groups is 3. The molecule has 1 saturated heterocycles. The lowest BCUT2D eigenvalue weighted by atomic mass is 10.1. The van der Waals surface area contributed by atoms with Crippen molar-refractivity contribution in [2.75, 3.05) is 23.4 Å². The van der Waals surface area contributed by atoms with Crippen molar-refractivity contribution in [2.24, 2.45) is 5.92 Å². The number of hydrogen-bond acceptors (Lipinski definition) is 4. The highest BCUT2D eigenvalue weighted by molar-refractivity contribution is 6.00. The van der Waals surface area contributed by atoms with Crippen LogP contribution in [0.1, 0.15) is 26.7 Å². The zero-order valence-electron chi connectivity index (χ0n) is 12.8. The van der Waals surface area contributed by atoms with Crippen LogP contribution in [0.3, 0.4) is 0 Å². The Morgan fingerprint density at radius 3 is 2.82 bits per heavy atom. The van der Waals surface area contributed by atoms with Gasteiger partial charge in [0, 0.05) is 30.8 Å². The number of ether oxygens (including phenoxy) is 1. The van der Waals surface area contributed by atoms with Crippen molar-refractivity contribution < 1.29 is 19.1 Å². The first-order valence-corrected chi connectivity index (χ1v) is 7.42. The van der Waals surface area contributed by atoms with Crippen molar-refractivity contribution in [3.63, 3.8) is 0 Å². The zero-order chi connectivity index (χ0) is 16.1. The molecule has 0 aliphatic carbocycles. The van der Waals surface area contributed by atoms with E-state index in [1.165, 1.54) is 0 Å². The summed E-state index contributed by atoms with van der Waals surface area (Å²) in [5, 5.41) is 2.76. The van der Waals surface area contributed by atoms with Gasteiger partial charge in [-0.15, -0.1) is 0 Å². The molecule has 1 N–H and O–H groups in total. The minimum absolute atomic E-state index is 0.0886. The molecule has 0 spiro atoms. The number of benzene rings is 1. The third-order valence-corrected chi connectivity index (χ3v) is 3.51. The highest BCUT2D eigenvalue weighted by Crippen LogP contribution is 2.27. The molecule has 0 aromatic heterocycles. The molecule has 1 aromatic carbocycles. The summed E-state index contributed by atoms with van der Waals surface area (Å²) < 4.78 is 4.97. The van der Waals surface area contributed by atoms with Gasteiger partial charge in [-0.25, -0.2) is 0 Å². The number of rotatable bonds is 5. The van der Waals surface area contributed by atoms with Crippen LogP contribution in [0.4, 0.5) is 11.4 Å². The van der Waals surface area contributed by atoms with Gasteiger partial charge in [0.05, 0.1) is 12.5 Å². The molecule has 0 unspecified atom stereocenters. The van der Waals surface area contributed by atoms with Crippen LogP contribution in [0, 0.1) is 5.92 Å². The molecule has 6 nitrogen and oxygen atoms in total. The fraction of sp³-hybridized carbons (Fsp3) is 0.438. The van der Waals surface area contributed by atoms with Gasteiger partial charge in [0.1, 0.15) is 0 Å². The van der Waals surface area contributed by atoms with E-state index in [0.717, 1.165) is 0 Å². The van der Waals surface area contributed by atoms with Gasteiger partial charge in [-0.05, 0) is 25.1 Å². The number of nitrogens with one attached hydrogen (secondary N) is 1. The Kier molecular flexibility index (Phi) is 5.14. The highest BCUT2D eigenvalue weighted by Gasteiger charge is 2.36. The van der Waals surface area contributed by atoms with Crippen LogP contribution in [0.25, 0.3) is 0 Å². The number of esters is 1. The van der Waals surface area contributed by atoms with Crippen molar-refractivity contribution in [2.45, 2.75) is 26.7 Å². The van der Waals surface area contributed by atoms with Gasteiger partial charge in [-0.2, -0.15) is 0 Å². The van der Waals surface area contributed by atoms with Gasteiger partial charge in [-0.1, -0.05) is 13.0 Å². The summed E-state index contributed by atoms with van der Waals surface area (Å²) >= 11 is 0. The molecular formula is C16H20N2O4. The van der Waals surface area contributed by atoms with Crippen LogP contribution in [0.5, 0.6) is 0 Å². The van der Waals surface area contributed by atoms with Crippen LogP contribution in [-0.4, -0.2) is 30.9 Å². The van der Waals surface area contributed by atoms with E-state index < -0.39 is 5.92 Å². The summed E-state index contributed by atoms with van der Waals surface area (Å²) in [6.07, 6.45) is 0.544. The molecule has 22 heavy (non-hydrogen) atoms. The van der Waals surface area contributed by atoms with Crippen LogP contribution in [-0.2, 0) is 19.1 Å². The Labute approximate surface area is 129 Å². The topological polar surface area (TPSA) is 75.7 Å². The largest absolute Gasteiger partial charge is 0.466 e. The van der Waals surface area contributed by atoms with E-state index in [2.05, 4.69) is 5.32 Å². The molecule has 118 valence electrons. The van der Waals surface area contributed by atoms with Crippen molar-refractivity contribution in [1.82, 2.24) is 0 Å². The Hall–Kier alpha value is -2.37. The molecule has 1 aromatic rings. The second-order valence-corrected chi connectivity index (χ2v) is 5.11. The number of nitrogens with zero attached hydrogens (tertiary/aromatic N) is 1. The van der Waals surface area contributed by atoms with E-state index >= 15 is 0 Å². The molecule has 1 heterocycles. The first-order valence-electron chi connectivity index (χ1n) is 7.42. The summed E-state index contributed by atoms with van der Waals surface area (Å²) in [4.78, 5) is 36.9. The summed E-state index contributed by atoms with van der Waals surface area (Å²) in [5.41, 5.74) is 1.31. The molecule has 6 heteroatoms. The van der Waals surface area contributed by atoms with Crippen molar-refractivity contribution in [1.29, 1.82) is 0 Å². The number of hydrogen-bond donors (Lipinski definition) is 1. The number of anilines is 2. The fourth-order valence-corrected chi connectivity index (χ4v) is 2.38. The molecule has 2 amide bonds. The summed E-state index contributed by atoms with van der Waals surface area (Å²) in [6, 6.07) is 7.05. The number of carbonyl (C=O) groups excluding carboxylic acids is 3. The van der Waals surface area contributed by atoms with E-state index in [9.17, 15) is 14.4 Å². The Morgan fingerprint density at radius 2 is 2.14 bits per heavy atom. The average Bonchev–Trinajstić information content (AvgIpc) is 2.90. The lowest BCUT2D eigenvalue weighted by molar-refractivity contribution is -0.147. The summed E-state index contributed by atoms with van der Waals surface area (Å²) in [5.74, 6) is -0.971. The monoisotopic (exact) mass is 304 g/mol. The first kappa shape index (κ1) is 16.0. The fourth-order valence-electron chi connectivity index (χ4n) is 2.38. The standard InChI is InChI=1S/C16H20N2O4/c1-3-14(19)17-12-6-5-7-13(9-12)18-10-11(8-15(18)20)16(21)22-4-2/h5-7,9,11H,3-4,8,10H2,1-2H3,(H,17,19)/t11-/m0/s1. The Balaban J connectivity index is 2.11. The Morgan fingerprint density at radius 1 is 1.36 bits per heavy atom. The summed E-state index contributed by atoms with van der Waals surface area (Å²) in [6.45, 7) is 4.13. The predicted octanol–water partition coefficient (Wildman–Crippen LogP) is 1.95. The highest BCUT2D eigenvalue weighted by atomic mass is 16.5. The van der Waals surface area contributed by atoms with E-state index in [0.29, 0.717) is 30.9 Å². The van der Waals surface area contributed by atoms with Crippen LogP contribution in [0.2, 0.25) is 0 Å². The van der Waals surface area contributed by atoms with E-state index in [1.807, 2.05) is 0 Å². The average molecular weight is 304 g/mol. The van der Waals surface area contributed by atoms with Crippen LogP contribution in [0.15, 0.2) is 24.3 Å². The number of amides is 2. The third kappa shape index (κ3) is 3.63. The Bertz CT molecular complexity index is 585. The SMILES string of the molecule is CCOC(=O)[C@H]1CC(=O)N(c2cccc(NC(=O)CC)c2)C1. The lowest BCUT2D eigenvalue weighted by Crippen LogP contribution is -2.26. The maximum atomic E-state index is 12.1. The van der Waals surface area contributed by atoms with Crippen LogP contribution < -0.4 is 10.2 Å². The van der Waals surface area contributed by atoms with Gasteiger partial charge >= 0.3 is 5.97 Å². The molecule has 0 bridgehead atoms. The third-order valence-electron chi connectivity index (χ3n) is 3.51. The molecule has 1 aliphatic rings. The maximum Gasteiger partial charge on any atom is 0.311 e. The van der Waals surface area contributed by atoms with E-state index in [1.54, 1.807) is 43.0 Å². The van der Waals surface area contributed by atoms with Gasteiger partial charge < -0.3 is 15.0 Å². The molecule has 0 saturated carbocycles. The second kappa shape index (κ2) is 7.06. The molecule has 1 aliphatic heterocycles. The first-order chi connectivity index (χ1) is 10.5. The van der Waals surface area contributed by atoms with Crippen molar-refractivity contribution in [3.05, 3.63) is 24.3 Å². The second-order valence-electron chi connectivity index (χ2n) is 5.11. The molecule has 2 rings (SSSR count). The molecular weight excluding hydrogens is 284 g/mol. The van der Waals surface area contributed by atoms with Gasteiger partial charge in [0.2, 0.25) is 11.8 Å². The minimum atomic E-state index is -0.429. The summed E-state index contributed by atoms with van der Waals surface area (Å²) in [7, 11) is 0. The van der Waals surface area contributed by atoms with Crippen LogP contribution >= 0.6 is 0 Å². The van der Waals surface area contributed by atoms with Gasteiger partial charge in [0.15, 0.2) is 0 Å². The molecule has 1 fully saturated rings. The predicted molar refractivity (Wildman–Crippen MR) is 82.5 cm³/mol. The minimum Gasteiger partial charge on any atom is -0.466 e. The maximum absolute atomic E-state index is 12.1. The van der Waals surface area contributed by atoms with E-state index in [4.69, 9.17) is 4.74 Å². The van der Waals surface area contributed by atoms with Gasteiger partial charge in [-0.3, -0.25) is 14.4 Å². The van der Waals surface area contributed by atoms with E-state index in [-0.39, 0.29) is 24.2 Å². The lowest BCUT2D eigenvalue weighted by Gasteiger charge is -2.17. The van der Waals surface area contributed by atoms with Crippen molar-refractivity contribution >= 4 is 29.2 Å². The molecule has 1 atom stereocenters.